The summed E-state index contributed by atoms with van der Waals surface area (Å²) in [6.07, 6.45) is -7.32. The van der Waals surface area contributed by atoms with Crippen LogP contribution in [0.3, 0.4) is 0 Å². The van der Waals surface area contributed by atoms with Crippen molar-refractivity contribution in [3.8, 4) is 0 Å². The van der Waals surface area contributed by atoms with Crippen LogP contribution in [-0.4, -0.2) is 53.6 Å². The summed E-state index contributed by atoms with van der Waals surface area (Å²) >= 11 is 0. The lowest BCUT2D eigenvalue weighted by atomic mass is 10.1. The predicted octanol–water partition coefficient (Wildman–Crippen LogP) is 2.12. The van der Waals surface area contributed by atoms with Crippen molar-refractivity contribution in [1.82, 2.24) is 5.32 Å². The summed E-state index contributed by atoms with van der Waals surface area (Å²) in [4.78, 5) is 33.2. The number of amides is 1. The number of esters is 1. The summed E-state index contributed by atoms with van der Waals surface area (Å²) in [5.74, 6) is -19.5. The minimum atomic E-state index is -6.75. The van der Waals surface area contributed by atoms with Crippen LogP contribution in [0.25, 0.3) is 0 Å². The van der Waals surface area contributed by atoms with Gasteiger partial charge in [-0.1, -0.05) is 13.3 Å². The highest BCUT2D eigenvalue weighted by atomic mass is 19.4. The number of carbonyl (C=O) groups excluding carboxylic acids is 2. The Bertz CT molecular complexity index is 507. The van der Waals surface area contributed by atoms with Gasteiger partial charge in [-0.2, -0.15) is 30.7 Å². The maximum Gasteiger partial charge on any atom is 0.460 e. The number of carbonyl (C=O) groups is 3. The lowest BCUT2D eigenvalue weighted by Crippen LogP contribution is -2.61. The standard InChI is InChI=1S/C12H14F7NO5/c1-2-3-4-25-8(23)6(5-7(21)22)20-9(24)10(13,14)11(15,16)12(17,18)19/h6H,2-5H2,1H3,(H,20,24)(H,21,22)/t6-/m0/s1. The van der Waals surface area contributed by atoms with E-state index in [0.29, 0.717) is 6.42 Å². The van der Waals surface area contributed by atoms with Gasteiger partial charge < -0.3 is 15.2 Å². The Kier molecular flexibility index (Phi) is 7.64. The number of carboxylic acid groups (broad SMARTS) is 1. The maximum absolute atomic E-state index is 13.2. The van der Waals surface area contributed by atoms with Crippen molar-refractivity contribution < 1.29 is 55.0 Å². The second-order valence-corrected chi connectivity index (χ2v) is 4.79. The van der Waals surface area contributed by atoms with Gasteiger partial charge in [0.2, 0.25) is 0 Å². The number of alkyl halides is 7. The number of rotatable bonds is 9. The van der Waals surface area contributed by atoms with Gasteiger partial charge in [0.15, 0.2) is 0 Å². The Labute approximate surface area is 136 Å². The van der Waals surface area contributed by atoms with Crippen molar-refractivity contribution in [2.75, 3.05) is 6.61 Å². The van der Waals surface area contributed by atoms with Crippen molar-refractivity contribution in [3.05, 3.63) is 0 Å². The molecule has 0 bridgehead atoms. The molecule has 146 valence electrons. The number of aliphatic carboxylic acids is 1. The second kappa shape index (κ2) is 8.34. The molecule has 0 aliphatic carbocycles. The highest BCUT2D eigenvalue weighted by molar-refractivity contribution is 5.91. The molecule has 25 heavy (non-hydrogen) atoms. The number of hydrogen-bond donors (Lipinski definition) is 2. The molecule has 6 nitrogen and oxygen atoms in total. The molecule has 0 saturated carbocycles. The van der Waals surface area contributed by atoms with E-state index in [1.165, 1.54) is 0 Å². The smallest absolute Gasteiger partial charge is 0.460 e. The largest absolute Gasteiger partial charge is 0.481 e. The first-order valence-electron chi connectivity index (χ1n) is 6.70. The first-order chi connectivity index (χ1) is 11.2. The predicted molar refractivity (Wildman–Crippen MR) is 66.0 cm³/mol. The van der Waals surface area contributed by atoms with E-state index in [1.54, 1.807) is 6.92 Å². The molecular formula is C12H14F7NO5. The van der Waals surface area contributed by atoms with Gasteiger partial charge in [-0.05, 0) is 6.42 Å². The zero-order chi connectivity index (χ0) is 20.1. The zero-order valence-electron chi connectivity index (χ0n) is 12.6. The first kappa shape index (κ1) is 22.9. The van der Waals surface area contributed by atoms with Crippen LogP contribution in [0.1, 0.15) is 26.2 Å². The Morgan fingerprint density at radius 2 is 1.60 bits per heavy atom. The van der Waals surface area contributed by atoms with E-state index in [0.717, 1.165) is 5.32 Å². The molecule has 1 amide bonds. The second-order valence-electron chi connectivity index (χ2n) is 4.79. The van der Waals surface area contributed by atoms with Crippen molar-refractivity contribution in [2.24, 2.45) is 0 Å². The molecule has 0 aromatic rings. The fourth-order valence-corrected chi connectivity index (χ4v) is 1.36. The summed E-state index contributed by atoms with van der Waals surface area (Å²) in [6, 6.07) is -2.36. The van der Waals surface area contributed by atoms with Gasteiger partial charge >= 0.3 is 30.0 Å². The molecule has 0 saturated heterocycles. The van der Waals surface area contributed by atoms with E-state index in [9.17, 15) is 45.1 Å². The molecule has 0 radical (unpaired) electrons. The van der Waals surface area contributed by atoms with Gasteiger partial charge in [-0.3, -0.25) is 9.59 Å². The van der Waals surface area contributed by atoms with Crippen LogP contribution in [0, 0.1) is 0 Å². The summed E-state index contributed by atoms with van der Waals surface area (Å²) in [5, 5.41) is 9.40. The van der Waals surface area contributed by atoms with E-state index in [2.05, 4.69) is 4.74 Å². The fraction of sp³-hybridized carbons (Fsp3) is 0.750. The molecule has 0 rings (SSSR count). The summed E-state index contributed by atoms with van der Waals surface area (Å²) in [5.41, 5.74) is 0. The lowest BCUT2D eigenvalue weighted by Gasteiger charge is -2.28. The minimum absolute atomic E-state index is 0.280. The van der Waals surface area contributed by atoms with Gasteiger partial charge in [-0.15, -0.1) is 0 Å². The number of unbranched alkanes of at least 4 members (excludes halogenated alkanes) is 1. The molecule has 0 aliphatic heterocycles. The number of halogens is 7. The molecule has 0 fully saturated rings. The van der Waals surface area contributed by atoms with E-state index in [1.807, 2.05) is 0 Å². The van der Waals surface area contributed by atoms with Gasteiger partial charge in [0.1, 0.15) is 6.04 Å². The molecular weight excluding hydrogens is 371 g/mol. The highest BCUT2D eigenvalue weighted by Crippen LogP contribution is 2.46. The normalized spacial score (nSPS) is 13.9. The van der Waals surface area contributed by atoms with Crippen LogP contribution in [-0.2, 0) is 19.1 Å². The Balaban J connectivity index is 5.31. The number of nitrogens with one attached hydrogen (secondary N) is 1. The highest BCUT2D eigenvalue weighted by Gasteiger charge is 2.76. The van der Waals surface area contributed by atoms with Crippen molar-refractivity contribution in [1.29, 1.82) is 0 Å². The van der Waals surface area contributed by atoms with Crippen molar-refractivity contribution >= 4 is 17.8 Å². The Morgan fingerprint density at radius 3 is 2.00 bits per heavy atom. The lowest BCUT2D eigenvalue weighted by molar-refractivity contribution is -0.344. The van der Waals surface area contributed by atoms with Gasteiger partial charge in [-0.25, -0.2) is 4.79 Å². The van der Waals surface area contributed by atoms with Crippen LogP contribution in [0.2, 0.25) is 0 Å². The van der Waals surface area contributed by atoms with E-state index < -0.39 is 48.3 Å². The summed E-state index contributed by atoms with van der Waals surface area (Å²) in [7, 11) is 0. The van der Waals surface area contributed by atoms with Crippen LogP contribution >= 0.6 is 0 Å². The SMILES string of the molecule is CCCCOC(=O)[C@H](CC(=O)O)NC(=O)C(F)(F)C(F)(F)C(F)(F)F. The zero-order valence-corrected chi connectivity index (χ0v) is 12.6. The van der Waals surface area contributed by atoms with Gasteiger partial charge in [0.05, 0.1) is 13.0 Å². The molecule has 1 atom stereocenters. The number of ether oxygens (including phenoxy) is 1. The quantitative estimate of drug-likeness (QED) is 0.360. The average molecular weight is 385 g/mol. The molecule has 0 aromatic heterocycles. The molecule has 0 aromatic carbocycles. The molecule has 0 unspecified atom stereocenters. The van der Waals surface area contributed by atoms with Crippen molar-refractivity contribution in [2.45, 2.75) is 50.2 Å². The summed E-state index contributed by atoms with van der Waals surface area (Å²) < 4.78 is 92.3. The number of carboxylic acids is 1. The minimum Gasteiger partial charge on any atom is -0.481 e. The third kappa shape index (κ3) is 5.74. The van der Waals surface area contributed by atoms with Crippen LogP contribution in [0.5, 0.6) is 0 Å². The van der Waals surface area contributed by atoms with E-state index in [-0.39, 0.29) is 13.0 Å². The van der Waals surface area contributed by atoms with Crippen LogP contribution in [0.4, 0.5) is 30.7 Å². The molecule has 0 aliphatic rings. The fourth-order valence-electron chi connectivity index (χ4n) is 1.36. The average Bonchev–Trinajstić information content (AvgIpc) is 2.44. The Hall–Kier alpha value is -2.08. The van der Waals surface area contributed by atoms with Crippen LogP contribution < -0.4 is 5.32 Å². The number of hydrogen-bond acceptors (Lipinski definition) is 4. The monoisotopic (exact) mass is 385 g/mol. The Morgan fingerprint density at radius 1 is 1.08 bits per heavy atom. The molecule has 2 N–H and O–H groups in total. The topological polar surface area (TPSA) is 92.7 Å². The van der Waals surface area contributed by atoms with Crippen molar-refractivity contribution in [3.63, 3.8) is 0 Å². The van der Waals surface area contributed by atoms with E-state index >= 15 is 0 Å². The third-order valence-corrected chi connectivity index (χ3v) is 2.75. The van der Waals surface area contributed by atoms with Crippen LogP contribution in [0.15, 0.2) is 0 Å². The maximum atomic E-state index is 13.2. The van der Waals surface area contributed by atoms with E-state index in [4.69, 9.17) is 5.11 Å². The van der Waals surface area contributed by atoms with Gasteiger partial charge in [0, 0.05) is 0 Å². The molecule has 0 spiro atoms. The third-order valence-electron chi connectivity index (χ3n) is 2.75. The van der Waals surface area contributed by atoms with Gasteiger partial charge in [0.25, 0.3) is 5.91 Å². The first-order valence-corrected chi connectivity index (χ1v) is 6.70. The summed E-state index contributed by atoms with van der Waals surface area (Å²) in [6.45, 7) is 1.38. The molecule has 0 heterocycles. The molecule has 13 heteroatoms.